The SMILES string of the molecule is CN(C)c1ccc(C(c2cc3c(cc2O)OCO3)N2CCOCC2)cc1. The van der Waals surface area contributed by atoms with E-state index in [1.54, 1.807) is 6.07 Å². The van der Waals surface area contributed by atoms with Crippen LogP contribution in [0.25, 0.3) is 0 Å². The molecule has 1 N–H and O–H groups in total. The van der Waals surface area contributed by atoms with E-state index >= 15 is 0 Å². The third-order valence-corrected chi connectivity index (χ3v) is 4.95. The molecule has 1 unspecified atom stereocenters. The van der Waals surface area contributed by atoms with Gasteiger partial charge in [-0.15, -0.1) is 0 Å². The highest BCUT2D eigenvalue weighted by Gasteiger charge is 2.29. The minimum Gasteiger partial charge on any atom is -0.507 e. The fraction of sp³-hybridized carbons (Fsp3) is 0.400. The highest BCUT2D eigenvalue weighted by atomic mass is 16.7. The van der Waals surface area contributed by atoms with Crippen LogP contribution in [0.5, 0.6) is 17.2 Å². The van der Waals surface area contributed by atoms with Gasteiger partial charge in [-0.2, -0.15) is 0 Å². The molecule has 1 atom stereocenters. The monoisotopic (exact) mass is 356 g/mol. The lowest BCUT2D eigenvalue weighted by molar-refractivity contribution is 0.0235. The topological polar surface area (TPSA) is 54.4 Å². The van der Waals surface area contributed by atoms with Gasteiger partial charge >= 0.3 is 0 Å². The van der Waals surface area contributed by atoms with Crippen LogP contribution in [0.15, 0.2) is 36.4 Å². The smallest absolute Gasteiger partial charge is 0.231 e. The van der Waals surface area contributed by atoms with Gasteiger partial charge in [-0.25, -0.2) is 0 Å². The zero-order chi connectivity index (χ0) is 18.1. The first kappa shape index (κ1) is 17.0. The first-order valence-corrected chi connectivity index (χ1v) is 8.85. The predicted molar refractivity (Wildman–Crippen MR) is 99.2 cm³/mol. The number of phenols is 1. The molecular formula is C20H24N2O4. The number of hydrogen-bond donors (Lipinski definition) is 1. The van der Waals surface area contributed by atoms with Gasteiger partial charge in [0.2, 0.25) is 6.79 Å². The van der Waals surface area contributed by atoms with E-state index in [0.717, 1.165) is 29.9 Å². The van der Waals surface area contributed by atoms with Crippen LogP contribution < -0.4 is 14.4 Å². The van der Waals surface area contributed by atoms with Crippen LogP contribution in [0.3, 0.4) is 0 Å². The Morgan fingerprint density at radius 2 is 1.65 bits per heavy atom. The van der Waals surface area contributed by atoms with E-state index in [1.165, 1.54) is 0 Å². The van der Waals surface area contributed by atoms with Gasteiger partial charge in [-0.1, -0.05) is 12.1 Å². The Balaban J connectivity index is 1.76. The van der Waals surface area contributed by atoms with Crippen LogP contribution in [-0.4, -0.2) is 57.2 Å². The van der Waals surface area contributed by atoms with Crippen molar-refractivity contribution in [2.45, 2.75) is 6.04 Å². The lowest BCUT2D eigenvalue weighted by atomic mass is 9.95. The van der Waals surface area contributed by atoms with Crippen LogP contribution in [0.4, 0.5) is 5.69 Å². The number of rotatable bonds is 4. The largest absolute Gasteiger partial charge is 0.507 e. The molecule has 2 aromatic rings. The molecule has 6 heteroatoms. The van der Waals surface area contributed by atoms with Gasteiger partial charge in [0, 0.05) is 44.5 Å². The van der Waals surface area contributed by atoms with Gasteiger partial charge in [-0.3, -0.25) is 4.90 Å². The molecule has 0 aromatic heterocycles. The third kappa shape index (κ3) is 3.18. The van der Waals surface area contributed by atoms with Gasteiger partial charge < -0.3 is 24.2 Å². The number of morpholine rings is 1. The summed E-state index contributed by atoms with van der Waals surface area (Å²) < 4.78 is 16.4. The summed E-state index contributed by atoms with van der Waals surface area (Å²) in [6, 6.07) is 11.9. The number of ether oxygens (including phenoxy) is 3. The number of aromatic hydroxyl groups is 1. The Kier molecular flexibility index (Phi) is 4.61. The molecule has 0 amide bonds. The van der Waals surface area contributed by atoms with E-state index in [2.05, 4.69) is 34.1 Å². The van der Waals surface area contributed by atoms with Crippen molar-refractivity contribution in [3.8, 4) is 17.2 Å². The number of fused-ring (bicyclic) bond motifs is 1. The van der Waals surface area contributed by atoms with Crippen LogP contribution in [0.2, 0.25) is 0 Å². The van der Waals surface area contributed by atoms with E-state index in [0.29, 0.717) is 24.7 Å². The first-order chi connectivity index (χ1) is 12.6. The molecular weight excluding hydrogens is 332 g/mol. The lowest BCUT2D eigenvalue weighted by Crippen LogP contribution is -2.39. The maximum absolute atomic E-state index is 10.7. The molecule has 2 aliphatic heterocycles. The van der Waals surface area contributed by atoms with Crippen LogP contribution in [-0.2, 0) is 4.74 Å². The molecule has 2 aliphatic rings. The molecule has 0 radical (unpaired) electrons. The third-order valence-electron chi connectivity index (χ3n) is 4.95. The summed E-state index contributed by atoms with van der Waals surface area (Å²) in [5, 5.41) is 10.7. The van der Waals surface area contributed by atoms with Crippen molar-refractivity contribution >= 4 is 5.69 Å². The second-order valence-electron chi connectivity index (χ2n) is 6.80. The van der Waals surface area contributed by atoms with Crippen molar-refractivity contribution in [1.29, 1.82) is 0 Å². The van der Waals surface area contributed by atoms with Crippen LogP contribution in [0.1, 0.15) is 17.2 Å². The van der Waals surface area contributed by atoms with Crippen molar-refractivity contribution in [3.05, 3.63) is 47.5 Å². The maximum atomic E-state index is 10.7. The fourth-order valence-corrected chi connectivity index (χ4v) is 3.54. The fourth-order valence-electron chi connectivity index (χ4n) is 3.54. The Hall–Kier alpha value is -2.44. The van der Waals surface area contributed by atoms with Crippen molar-refractivity contribution < 1.29 is 19.3 Å². The van der Waals surface area contributed by atoms with Gasteiger partial charge in [-0.05, 0) is 23.8 Å². The minimum atomic E-state index is -0.0652. The van der Waals surface area contributed by atoms with E-state index in [1.807, 2.05) is 20.2 Å². The minimum absolute atomic E-state index is 0.0652. The summed E-state index contributed by atoms with van der Waals surface area (Å²) in [7, 11) is 4.05. The number of phenolic OH excluding ortho intramolecular Hbond substituents is 1. The van der Waals surface area contributed by atoms with E-state index in [9.17, 15) is 5.11 Å². The standard InChI is InChI=1S/C20H24N2O4/c1-21(2)15-5-3-14(4-6-15)20(22-7-9-24-10-8-22)16-11-18-19(12-17(16)23)26-13-25-18/h3-6,11-12,20,23H,7-10,13H2,1-2H3. The molecule has 6 nitrogen and oxygen atoms in total. The molecule has 1 saturated heterocycles. The van der Waals surface area contributed by atoms with E-state index in [-0.39, 0.29) is 18.6 Å². The molecule has 2 heterocycles. The summed E-state index contributed by atoms with van der Waals surface area (Å²) in [4.78, 5) is 4.41. The van der Waals surface area contributed by atoms with Crippen LogP contribution in [0, 0.1) is 0 Å². The Bertz CT molecular complexity index is 770. The quantitative estimate of drug-likeness (QED) is 0.909. The second-order valence-corrected chi connectivity index (χ2v) is 6.80. The van der Waals surface area contributed by atoms with Crippen molar-refractivity contribution in [2.24, 2.45) is 0 Å². The number of benzene rings is 2. The Labute approximate surface area is 153 Å². The number of hydrogen-bond acceptors (Lipinski definition) is 6. The highest BCUT2D eigenvalue weighted by molar-refractivity contribution is 5.55. The summed E-state index contributed by atoms with van der Waals surface area (Å²) in [5.41, 5.74) is 3.10. The van der Waals surface area contributed by atoms with Gasteiger partial charge in [0.1, 0.15) is 5.75 Å². The van der Waals surface area contributed by atoms with Gasteiger partial charge in [0.25, 0.3) is 0 Å². The zero-order valence-corrected chi connectivity index (χ0v) is 15.1. The highest BCUT2D eigenvalue weighted by Crippen LogP contribution is 2.43. The summed E-state index contributed by atoms with van der Waals surface area (Å²) in [6.07, 6.45) is 0. The molecule has 2 aromatic carbocycles. The average molecular weight is 356 g/mol. The second kappa shape index (κ2) is 7.05. The first-order valence-electron chi connectivity index (χ1n) is 8.85. The molecule has 4 rings (SSSR count). The van der Waals surface area contributed by atoms with Crippen LogP contribution >= 0.6 is 0 Å². The molecule has 0 aliphatic carbocycles. The molecule has 0 saturated carbocycles. The number of anilines is 1. The molecule has 0 spiro atoms. The lowest BCUT2D eigenvalue weighted by Gasteiger charge is -2.35. The van der Waals surface area contributed by atoms with Gasteiger partial charge in [0.15, 0.2) is 11.5 Å². The van der Waals surface area contributed by atoms with E-state index in [4.69, 9.17) is 14.2 Å². The number of nitrogens with zero attached hydrogens (tertiary/aromatic N) is 2. The summed E-state index contributed by atoms with van der Waals surface area (Å²) >= 11 is 0. The maximum Gasteiger partial charge on any atom is 0.231 e. The van der Waals surface area contributed by atoms with Crippen molar-refractivity contribution in [3.63, 3.8) is 0 Å². The molecule has 0 bridgehead atoms. The van der Waals surface area contributed by atoms with Crippen molar-refractivity contribution in [1.82, 2.24) is 4.90 Å². The summed E-state index contributed by atoms with van der Waals surface area (Å²) in [6.45, 7) is 3.20. The molecule has 26 heavy (non-hydrogen) atoms. The Morgan fingerprint density at radius 3 is 2.31 bits per heavy atom. The average Bonchev–Trinajstić information content (AvgIpc) is 3.10. The van der Waals surface area contributed by atoms with E-state index < -0.39 is 0 Å². The van der Waals surface area contributed by atoms with Crippen molar-refractivity contribution in [2.75, 3.05) is 52.1 Å². The molecule has 1 fully saturated rings. The van der Waals surface area contributed by atoms with Gasteiger partial charge in [0.05, 0.1) is 19.3 Å². The summed E-state index contributed by atoms with van der Waals surface area (Å²) in [5.74, 6) is 1.50. The Morgan fingerprint density at radius 1 is 1.00 bits per heavy atom. The zero-order valence-electron chi connectivity index (χ0n) is 15.1. The molecule has 138 valence electrons. The predicted octanol–water partition coefficient (Wildman–Crippen LogP) is 2.61. The normalized spacial score (nSPS) is 17.9.